The summed E-state index contributed by atoms with van der Waals surface area (Å²) in [6.07, 6.45) is 4.51. The summed E-state index contributed by atoms with van der Waals surface area (Å²) >= 11 is 0. The van der Waals surface area contributed by atoms with Crippen LogP contribution in [0, 0.1) is 0 Å². The minimum absolute atomic E-state index is 0.167. The average Bonchev–Trinajstić information content (AvgIpc) is 3.25. The van der Waals surface area contributed by atoms with E-state index >= 15 is 0 Å². The normalized spacial score (nSPS) is 17.6. The molecule has 0 aliphatic carbocycles. The Bertz CT molecular complexity index is 1080. The number of fused-ring (bicyclic) bond motifs is 2. The second-order valence-electron chi connectivity index (χ2n) is 7.34. The van der Waals surface area contributed by atoms with Crippen molar-refractivity contribution >= 4 is 35.2 Å². The molecule has 160 valence electrons. The monoisotopic (exact) mass is 421 g/mol. The summed E-state index contributed by atoms with van der Waals surface area (Å²) in [6.45, 7) is 0.557. The molecule has 31 heavy (non-hydrogen) atoms. The van der Waals surface area contributed by atoms with Gasteiger partial charge in [-0.2, -0.15) is 0 Å². The number of nitrogens with one attached hydrogen (secondary N) is 2. The zero-order valence-corrected chi connectivity index (χ0v) is 17.3. The topological polar surface area (TPSA) is 97.0 Å². The van der Waals surface area contributed by atoms with E-state index in [1.165, 1.54) is 6.08 Å². The molecule has 0 saturated carbocycles. The number of anilines is 2. The van der Waals surface area contributed by atoms with E-state index in [1.807, 2.05) is 0 Å². The van der Waals surface area contributed by atoms with Crippen LogP contribution in [0.3, 0.4) is 0 Å². The van der Waals surface area contributed by atoms with E-state index in [9.17, 15) is 14.4 Å². The first-order valence-electron chi connectivity index (χ1n) is 9.97. The smallest absolute Gasteiger partial charge is 0.256 e. The van der Waals surface area contributed by atoms with Gasteiger partial charge in [-0.05, 0) is 54.8 Å². The molecule has 1 atom stereocenters. The highest BCUT2D eigenvalue weighted by Crippen LogP contribution is 2.31. The summed E-state index contributed by atoms with van der Waals surface area (Å²) in [5.41, 5.74) is 2.08. The molecule has 8 nitrogen and oxygen atoms in total. The van der Waals surface area contributed by atoms with Gasteiger partial charge in [0.2, 0.25) is 11.8 Å². The largest absolute Gasteiger partial charge is 0.493 e. The Hall–Kier alpha value is -3.81. The second-order valence-corrected chi connectivity index (χ2v) is 7.34. The second kappa shape index (κ2) is 8.51. The van der Waals surface area contributed by atoms with Gasteiger partial charge in [0, 0.05) is 18.3 Å². The summed E-state index contributed by atoms with van der Waals surface area (Å²) in [7, 11) is 3.10. The van der Waals surface area contributed by atoms with Crippen LogP contribution in [-0.4, -0.2) is 49.4 Å². The molecule has 0 aromatic heterocycles. The third kappa shape index (κ3) is 4.09. The van der Waals surface area contributed by atoms with Crippen molar-refractivity contribution in [2.75, 3.05) is 31.4 Å². The van der Waals surface area contributed by atoms with Gasteiger partial charge in [0.05, 0.1) is 25.5 Å². The Morgan fingerprint density at radius 1 is 1.13 bits per heavy atom. The number of rotatable bonds is 5. The van der Waals surface area contributed by atoms with Crippen molar-refractivity contribution in [2.45, 2.75) is 18.9 Å². The van der Waals surface area contributed by atoms with Gasteiger partial charge in [-0.1, -0.05) is 6.07 Å². The van der Waals surface area contributed by atoms with Gasteiger partial charge in [0.15, 0.2) is 11.5 Å². The molecule has 2 N–H and O–H groups in total. The fourth-order valence-corrected chi connectivity index (χ4v) is 3.87. The molecule has 1 fully saturated rings. The standard InChI is InChI=1S/C23H23N3O5/c1-30-19-9-5-14(12-20(19)31-2)6-10-21(27)24-15-7-8-17-16(13-15)23(29)26-11-3-4-18(26)22(28)25-17/h5-10,12-13,18H,3-4,11H2,1-2H3,(H,24,27)(H,25,28)/b10-6+. The molecule has 2 aliphatic rings. The summed E-state index contributed by atoms with van der Waals surface area (Å²) in [5.74, 6) is 0.452. The number of hydrogen-bond acceptors (Lipinski definition) is 5. The zero-order valence-electron chi connectivity index (χ0n) is 17.3. The van der Waals surface area contributed by atoms with Crippen LogP contribution in [0.25, 0.3) is 6.08 Å². The third-order valence-electron chi connectivity index (χ3n) is 5.43. The quantitative estimate of drug-likeness (QED) is 0.724. The molecule has 2 aromatic rings. The van der Waals surface area contributed by atoms with Crippen LogP contribution in [0.1, 0.15) is 28.8 Å². The number of hydrogen-bond donors (Lipinski definition) is 2. The Balaban J connectivity index is 1.50. The summed E-state index contributed by atoms with van der Waals surface area (Å²) in [6, 6.07) is 9.80. The van der Waals surface area contributed by atoms with Crippen LogP contribution in [-0.2, 0) is 9.59 Å². The van der Waals surface area contributed by atoms with E-state index in [0.717, 1.165) is 12.0 Å². The van der Waals surface area contributed by atoms with Gasteiger partial charge in [0.1, 0.15) is 6.04 Å². The Morgan fingerprint density at radius 2 is 1.94 bits per heavy atom. The fraction of sp³-hybridized carbons (Fsp3) is 0.261. The predicted octanol–water partition coefficient (Wildman–Crippen LogP) is 2.91. The molecule has 8 heteroatoms. The third-order valence-corrected chi connectivity index (χ3v) is 5.43. The van der Waals surface area contributed by atoms with Crippen molar-refractivity contribution in [3.05, 3.63) is 53.6 Å². The number of methoxy groups -OCH3 is 2. The van der Waals surface area contributed by atoms with Gasteiger partial charge in [-0.15, -0.1) is 0 Å². The number of nitrogens with zero attached hydrogens (tertiary/aromatic N) is 1. The van der Waals surface area contributed by atoms with Crippen LogP contribution in [0.15, 0.2) is 42.5 Å². The van der Waals surface area contributed by atoms with Gasteiger partial charge in [-0.25, -0.2) is 0 Å². The fourth-order valence-electron chi connectivity index (χ4n) is 3.87. The maximum atomic E-state index is 12.9. The van der Waals surface area contributed by atoms with Crippen molar-refractivity contribution in [1.82, 2.24) is 4.90 Å². The lowest BCUT2D eigenvalue weighted by Crippen LogP contribution is -2.40. The molecular formula is C23H23N3O5. The van der Waals surface area contributed by atoms with Crippen molar-refractivity contribution in [2.24, 2.45) is 0 Å². The molecule has 0 spiro atoms. The molecule has 1 unspecified atom stereocenters. The Labute approximate surface area is 179 Å². The molecule has 1 saturated heterocycles. The summed E-state index contributed by atoms with van der Waals surface area (Å²) in [4.78, 5) is 39.3. The number of ether oxygens (including phenoxy) is 2. The SMILES string of the molecule is COc1ccc(/C=C/C(=O)Nc2ccc3c(c2)C(=O)N2CCCC2C(=O)N3)cc1OC. The zero-order chi connectivity index (χ0) is 22.0. The minimum atomic E-state index is -0.428. The lowest BCUT2D eigenvalue weighted by atomic mass is 10.1. The van der Waals surface area contributed by atoms with Gasteiger partial charge < -0.3 is 25.0 Å². The minimum Gasteiger partial charge on any atom is -0.493 e. The van der Waals surface area contributed by atoms with E-state index in [2.05, 4.69) is 10.6 Å². The first-order valence-corrected chi connectivity index (χ1v) is 9.97. The van der Waals surface area contributed by atoms with E-state index in [1.54, 1.807) is 61.6 Å². The Kier molecular flexibility index (Phi) is 5.62. The molecule has 3 amide bonds. The van der Waals surface area contributed by atoms with E-state index in [4.69, 9.17) is 9.47 Å². The average molecular weight is 421 g/mol. The van der Waals surface area contributed by atoms with Crippen molar-refractivity contribution in [1.29, 1.82) is 0 Å². The van der Waals surface area contributed by atoms with Crippen molar-refractivity contribution in [3.8, 4) is 11.5 Å². The molecule has 2 heterocycles. The van der Waals surface area contributed by atoms with Crippen LogP contribution < -0.4 is 20.1 Å². The highest BCUT2D eigenvalue weighted by Gasteiger charge is 2.38. The lowest BCUT2D eigenvalue weighted by molar-refractivity contribution is -0.119. The Morgan fingerprint density at radius 3 is 2.71 bits per heavy atom. The number of benzene rings is 2. The van der Waals surface area contributed by atoms with E-state index in [-0.39, 0.29) is 17.7 Å². The first kappa shape index (κ1) is 20.5. The highest BCUT2D eigenvalue weighted by molar-refractivity contribution is 6.11. The number of amides is 3. The predicted molar refractivity (Wildman–Crippen MR) is 116 cm³/mol. The highest BCUT2D eigenvalue weighted by atomic mass is 16.5. The van der Waals surface area contributed by atoms with Crippen LogP contribution >= 0.6 is 0 Å². The molecular weight excluding hydrogens is 398 g/mol. The van der Waals surface area contributed by atoms with E-state index < -0.39 is 6.04 Å². The van der Waals surface area contributed by atoms with Crippen LogP contribution in [0.5, 0.6) is 11.5 Å². The van der Waals surface area contributed by atoms with Crippen molar-refractivity contribution < 1.29 is 23.9 Å². The van der Waals surface area contributed by atoms with E-state index in [0.29, 0.717) is 41.4 Å². The van der Waals surface area contributed by atoms with Gasteiger partial charge in [-0.3, -0.25) is 14.4 Å². The van der Waals surface area contributed by atoms with Crippen molar-refractivity contribution in [3.63, 3.8) is 0 Å². The number of carbonyl (C=O) groups is 3. The molecule has 0 radical (unpaired) electrons. The maximum Gasteiger partial charge on any atom is 0.256 e. The summed E-state index contributed by atoms with van der Waals surface area (Å²) in [5, 5.41) is 5.58. The molecule has 2 aliphatic heterocycles. The maximum absolute atomic E-state index is 12.9. The van der Waals surface area contributed by atoms with Crippen LogP contribution in [0.4, 0.5) is 11.4 Å². The number of carbonyl (C=O) groups excluding carboxylic acids is 3. The van der Waals surface area contributed by atoms with Crippen LogP contribution in [0.2, 0.25) is 0 Å². The lowest BCUT2D eigenvalue weighted by Gasteiger charge is -2.20. The molecule has 0 bridgehead atoms. The molecule has 2 aromatic carbocycles. The van der Waals surface area contributed by atoms with Gasteiger partial charge in [0.25, 0.3) is 5.91 Å². The van der Waals surface area contributed by atoms with Gasteiger partial charge >= 0.3 is 0 Å². The molecule has 4 rings (SSSR count). The first-order chi connectivity index (χ1) is 15.0. The summed E-state index contributed by atoms with van der Waals surface area (Å²) < 4.78 is 10.5.